The summed E-state index contributed by atoms with van der Waals surface area (Å²) in [6.45, 7) is 2.38. The second-order valence-electron chi connectivity index (χ2n) is 11.8. The van der Waals surface area contributed by atoms with Gasteiger partial charge in [-0.1, -0.05) is 60.7 Å². The summed E-state index contributed by atoms with van der Waals surface area (Å²) in [6.07, 6.45) is 0.487. The van der Waals surface area contributed by atoms with Crippen LogP contribution in [0.4, 0.5) is 0 Å². The second kappa shape index (κ2) is 21.4. The van der Waals surface area contributed by atoms with Gasteiger partial charge in [0, 0.05) is 12.8 Å². The van der Waals surface area contributed by atoms with E-state index in [-0.39, 0.29) is 12.8 Å². The molecule has 2 rings (SSSR count). The summed E-state index contributed by atoms with van der Waals surface area (Å²) < 4.78 is 0. The molecule has 0 heterocycles. The molecule has 7 amide bonds. The summed E-state index contributed by atoms with van der Waals surface area (Å²) >= 11 is 0. The van der Waals surface area contributed by atoms with Crippen LogP contribution < -0.4 is 43.0 Å². The van der Waals surface area contributed by atoms with E-state index < -0.39 is 97.3 Å². The average molecular weight is 711 g/mol. The zero-order chi connectivity index (χ0) is 37.9. The van der Waals surface area contributed by atoms with Crippen LogP contribution in [-0.2, 0) is 51.2 Å². The van der Waals surface area contributed by atoms with E-state index in [9.17, 15) is 43.5 Å². The number of aliphatic hydroxyl groups excluding tert-OH is 1. The van der Waals surface area contributed by atoms with Gasteiger partial charge in [-0.05, 0) is 31.9 Å². The number of nitrogens with one attached hydrogen (secondary N) is 7. The van der Waals surface area contributed by atoms with Crippen molar-refractivity contribution >= 4 is 47.6 Å². The molecule has 0 aliphatic carbocycles. The highest BCUT2D eigenvalue weighted by atomic mass is 16.3. The first-order chi connectivity index (χ1) is 24.2. The molecule has 2 aromatic rings. The summed E-state index contributed by atoms with van der Waals surface area (Å²) in [5.74, 6) is -5.17. The molecule has 0 aliphatic rings. The molecule has 0 spiro atoms. The Morgan fingerprint density at radius 2 is 1.06 bits per heavy atom. The number of carbonyl (C=O) groups excluding carboxylic acids is 8. The molecule has 6 atom stereocenters. The first-order valence-corrected chi connectivity index (χ1v) is 16.2. The molecule has 17 nitrogen and oxygen atoms in total. The maximum atomic E-state index is 13.4. The quantitative estimate of drug-likeness (QED) is 0.0618. The zero-order valence-corrected chi connectivity index (χ0v) is 28.6. The van der Waals surface area contributed by atoms with E-state index in [1.165, 1.54) is 20.8 Å². The van der Waals surface area contributed by atoms with Crippen LogP contribution in [0.25, 0.3) is 0 Å². The SMILES string of the molecule is C[C@H](N)C(=O)NCC(=O)N[C@@H](Cc1ccccc1)C(=O)N[C@@H](CO)C(=O)N[C@@H](Cc1ccccc1)C(=O)NCC(=O)N[C@@H](C)C(=O)N[C@@H](C)C=O. The summed E-state index contributed by atoms with van der Waals surface area (Å²) in [5.41, 5.74) is 6.81. The summed E-state index contributed by atoms with van der Waals surface area (Å²) in [4.78, 5) is 99.9. The fourth-order valence-corrected chi connectivity index (χ4v) is 4.46. The first-order valence-electron chi connectivity index (χ1n) is 16.2. The number of benzene rings is 2. The lowest BCUT2D eigenvalue weighted by atomic mass is 10.0. The largest absolute Gasteiger partial charge is 0.394 e. The standard InChI is InChI=1S/C34H46N8O9/c1-20(18-43)38-31(48)22(3)39-28(45)16-37-32(49)25(14-23-10-6-4-7-11-23)41-34(51)27(19-44)42-33(50)26(15-24-12-8-5-9-13-24)40-29(46)17-36-30(47)21(2)35/h4-13,18,20-22,25-27,44H,14-17,19,35H2,1-3H3,(H,36,47)(H,37,49)(H,38,48)(H,39,45)(H,40,46)(H,41,51)(H,42,50)/t20-,21-,22-,25-,26-,27-/m0/s1. The lowest BCUT2D eigenvalue weighted by molar-refractivity contribution is -0.135. The van der Waals surface area contributed by atoms with Crippen LogP contribution in [0, 0.1) is 0 Å². The zero-order valence-electron chi connectivity index (χ0n) is 28.6. The van der Waals surface area contributed by atoms with Crippen molar-refractivity contribution in [3.8, 4) is 0 Å². The molecule has 0 unspecified atom stereocenters. The smallest absolute Gasteiger partial charge is 0.245 e. The van der Waals surface area contributed by atoms with E-state index in [2.05, 4.69) is 37.2 Å². The fraction of sp³-hybridized carbons (Fsp3) is 0.412. The van der Waals surface area contributed by atoms with Crippen molar-refractivity contribution in [1.29, 1.82) is 0 Å². The molecular weight excluding hydrogens is 664 g/mol. The van der Waals surface area contributed by atoms with Crippen molar-refractivity contribution in [3.05, 3.63) is 71.8 Å². The third kappa shape index (κ3) is 15.2. The predicted octanol–water partition coefficient (Wildman–Crippen LogP) is -3.29. The van der Waals surface area contributed by atoms with Gasteiger partial charge in [-0.3, -0.25) is 33.6 Å². The highest BCUT2D eigenvalue weighted by molar-refractivity contribution is 5.96. The van der Waals surface area contributed by atoms with Gasteiger partial charge in [0.05, 0.1) is 31.8 Å². The summed E-state index contributed by atoms with van der Waals surface area (Å²) in [7, 11) is 0. The molecule has 0 saturated carbocycles. The Balaban J connectivity index is 2.14. The van der Waals surface area contributed by atoms with Crippen LogP contribution in [0.5, 0.6) is 0 Å². The minimum atomic E-state index is -1.56. The molecule has 0 aromatic heterocycles. The highest BCUT2D eigenvalue weighted by Gasteiger charge is 2.30. The summed E-state index contributed by atoms with van der Waals surface area (Å²) in [5, 5.41) is 27.1. The topological polar surface area (TPSA) is 267 Å². The van der Waals surface area contributed by atoms with Crippen LogP contribution in [-0.4, -0.2) is 109 Å². The molecule has 2 aromatic carbocycles. The Morgan fingerprint density at radius 1 is 0.608 bits per heavy atom. The van der Waals surface area contributed by atoms with Crippen LogP contribution in [0.3, 0.4) is 0 Å². The predicted molar refractivity (Wildman–Crippen MR) is 184 cm³/mol. The van der Waals surface area contributed by atoms with E-state index in [1.54, 1.807) is 60.7 Å². The van der Waals surface area contributed by atoms with Crippen molar-refractivity contribution in [3.63, 3.8) is 0 Å². The van der Waals surface area contributed by atoms with Crippen molar-refractivity contribution in [2.45, 2.75) is 69.9 Å². The molecule has 0 saturated heterocycles. The van der Waals surface area contributed by atoms with Gasteiger partial charge in [0.25, 0.3) is 0 Å². The highest BCUT2D eigenvalue weighted by Crippen LogP contribution is 2.06. The maximum Gasteiger partial charge on any atom is 0.245 e. The van der Waals surface area contributed by atoms with Gasteiger partial charge < -0.3 is 52.9 Å². The normalized spacial score (nSPS) is 14.1. The Morgan fingerprint density at radius 3 is 1.55 bits per heavy atom. The van der Waals surface area contributed by atoms with Crippen molar-refractivity contribution < 1.29 is 43.5 Å². The molecule has 51 heavy (non-hydrogen) atoms. The Kier molecular flexibility index (Phi) is 17.4. The number of aldehydes is 1. The van der Waals surface area contributed by atoms with E-state index in [4.69, 9.17) is 5.73 Å². The number of hydrogen-bond donors (Lipinski definition) is 9. The maximum absolute atomic E-state index is 13.4. The van der Waals surface area contributed by atoms with Gasteiger partial charge >= 0.3 is 0 Å². The number of rotatable bonds is 20. The molecule has 10 N–H and O–H groups in total. The molecule has 0 aliphatic heterocycles. The third-order valence-corrected chi connectivity index (χ3v) is 7.27. The number of amides is 7. The van der Waals surface area contributed by atoms with Crippen LogP contribution in [0.2, 0.25) is 0 Å². The Bertz CT molecular complexity index is 1510. The molecule has 0 fully saturated rings. The fourth-order valence-electron chi connectivity index (χ4n) is 4.46. The van der Waals surface area contributed by atoms with Crippen molar-refractivity contribution in [2.24, 2.45) is 5.73 Å². The van der Waals surface area contributed by atoms with Crippen LogP contribution in [0.1, 0.15) is 31.9 Å². The van der Waals surface area contributed by atoms with E-state index >= 15 is 0 Å². The summed E-state index contributed by atoms with van der Waals surface area (Å²) in [6, 6.07) is 10.5. The molecular formula is C34H46N8O9. The van der Waals surface area contributed by atoms with Gasteiger partial charge in [-0.25, -0.2) is 0 Å². The lowest BCUT2D eigenvalue weighted by Gasteiger charge is -2.25. The van der Waals surface area contributed by atoms with E-state index in [0.29, 0.717) is 17.4 Å². The van der Waals surface area contributed by atoms with Crippen LogP contribution in [0.15, 0.2) is 60.7 Å². The third-order valence-electron chi connectivity index (χ3n) is 7.27. The number of nitrogens with two attached hydrogens (primary N) is 1. The monoisotopic (exact) mass is 710 g/mol. The first kappa shape index (κ1) is 41.5. The average Bonchev–Trinajstić information content (AvgIpc) is 3.11. The van der Waals surface area contributed by atoms with Gasteiger partial charge in [0.2, 0.25) is 41.4 Å². The van der Waals surface area contributed by atoms with Gasteiger partial charge in [-0.15, -0.1) is 0 Å². The number of aliphatic hydroxyl groups is 1. The Hall–Kier alpha value is -5.68. The minimum absolute atomic E-state index is 0.00306. The Labute approximate surface area is 295 Å². The van der Waals surface area contributed by atoms with E-state index in [0.717, 1.165) is 0 Å². The minimum Gasteiger partial charge on any atom is -0.394 e. The van der Waals surface area contributed by atoms with Crippen molar-refractivity contribution in [1.82, 2.24) is 37.2 Å². The van der Waals surface area contributed by atoms with Gasteiger partial charge in [0.1, 0.15) is 30.5 Å². The van der Waals surface area contributed by atoms with E-state index in [1.807, 2.05) is 0 Å². The van der Waals surface area contributed by atoms with Crippen LogP contribution >= 0.6 is 0 Å². The van der Waals surface area contributed by atoms with Crippen molar-refractivity contribution in [2.75, 3.05) is 19.7 Å². The molecule has 276 valence electrons. The lowest BCUT2D eigenvalue weighted by Crippen LogP contribution is -2.59. The molecule has 17 heteroatoms. The number of hydrogen-bond acceptors (Lipinski definition) is 10. The van der Waals surface area contributed by atoms with Gasteiger partial charge in [0.15, 0.2) is 0 Å². The second-order valence-corrected chi connectivity index (χ2v) is 11.8. The van der Waals surface area contributed by atoms with Gasteiger partial charge in [-0.2, -0.15) is 0 Å². The molecule has 0 radical (unpaired) electrons. The number of carbonyl (C=O) groups is 8. The molecule has 0 bridgehead atoms.